The molecule has 1 atom stereocenters. The van der Waals surface area contributed by atoms with Crippen LogP contribution in [0.25, 0.3) is 11.0 Å². The molecule has 0 amide bonds. The number of aromatic nitrogens is 2. The van der Waals surface area contributed by atoms with E-state index in [1.165, 1.54) is 6.07 Å². The molecule has 0 bridgehead atoms. The zero-order chi connectivity index (χ0) is 12.7. The Balaban J connectivity index is 2.80. The molecule has 1 aromatic carbocycles. The zero-order valence-electron chi connectivity index (χ0n) is 9.84. The van der Waals surface area contributed by atoms with Crippen LogP contribution >= 0.6 is 34.2 Å². The van der Waals surface area contributed by atoms with E-state index in [0.29, 0.717) is 3.57 Å². The molecule has 0 fully saturated rings. The lowest BCUT2D eigenvalue weighted by atomic mass is 10.3. The summed E-state index contributed by atoms with van der Waals surface area (Å²) in [6, 6.07) is 3.50. The van der Waals surface area contributed by atoms with Gasteiger partial charge in [0.15, 0.2) is 0 Å². The van der Waals surface area contributed by atoms with Crippen molar-refractivity contribution >= 4 is 45.2 Å². The van der Waals surface area contributed by atoms with Crippen LogP contribution in [0.2, 0.25) is 0 Å². The molecule has 92 valence electrons. The highest BCUT2D eigenvalue weighted by Gasteiger charge is 2.18. The number of halogens is 3. The van der Waals surface area contributed by atoms with E-state index in [2.05, 4.69) is 4.98 Å². The lowest BCUT2D eigenvalue weighted by molar-refractivity contribution is 0.580. The van der Waals surface area contributed by atoms with Gasteiger partial charge in [-0.05, 0) is 49.4 Å². The highest BCUT2D eigenvalue weighted by atomic mass is 127. The number of hydrogen-bond donors (Lipinski definition) is 0. The average molecular weight is 367 g/mol. The number of fused-ring (bicyclic) bond motifs is 1. The Labute approximate surface area is 118 Å². The minimum absolute atomic E-state index is 0.189. The molecular weight excluding hydrogens is 354 g/mol. The molecule has 0 radical (unpaired) electrons. The molecule has 0 aliphatic carbocycles. The van der Waals surface area contributed by atoms with Crippen LogP contribution in [0.4, 0.5) is 4.39 Å². The Bertz CT molecular complexity index is 563. The smallest absolute Gasteiger partial charge is 0.138 e. The van der Waals surface area contributed by atoms with Crippen molar-refractivity contribution in [2.75, 3.05) is 0 Å². The second-order valence-corrected chi connectivity index (χ2v) is 6.12. The van der Waals surface area contributed by atoms with Gasteiger partial charge in [0.05, 0.1) is 20.0 Å². The van der Waals surface area contributed by atoms with Gasteiger partial charge in [0.2, 0.25) is 0 Å². The third-order valence-corrected chi connectivity index (χ3v) is 3.65. The van der Waals surface area contributed by atoms with Crippen molar-refractivity contribution in [3.63, 3.8) is 0 Å². The van der Waals surface area contributed by atoms with E-state index >= 15 is 0 Å². The highest BCUT2D eigenvalue weighted by Crippen LogP contribution is 2.29. The fourth-order valence-electron chi connectivity index (χ4n) is 1.93. The second-order valence-electron chi connectivity index (χ2n) is 4.30. The summed E-state index contributed by atoms with van der Waals surface area (Å²) in [6.45, 7) is 5.96. The van der Waals surface area contributed by atoms with E-state index in [1.807, 2.05) is 47.9 Å². The minimum atomic E-state index is -0.214. The van der Waals surface area contributed by atoms with Gasteiger partial charge < -0.3 is 4.57 Å². The van der Waals surface area contributed by atoms with Crippen molar-refractivity contribution in [3.8, 4) is 0 Å². The van der Waals surface area contributed by atoms with E-state index in [-0.39, 0.29) is 17.2 Å². The number of alkyl halides is 1. The Kier molecular flexibility index (Phi) is 3.63. The van der Waals surface area contributed by atoms with Crippen molar-refractivity contribution in [3.05, 3.63) is 27.3 Å². The van der Waals surface area contributed by atoms with E-state index in [4.69, 9.17) is 11.6 Å². The van der Waals surface area contributed by atoms with Gasteiger partial charge in [0.1, 0.15) is 11.6 Å². The van der Waals surface area contributed by atoms with Crippen LogP contribution in [0, 0.1) is 9.39 Å². The third-order valence-electron chi connectivity index (χ3n) is 2.63. The maximum atomic E-state index is 13.6. The van der Waals surface area contributed by atoms with Crippen molar-refractivity contribution in [2.24, 2.45) is 0 Å². The topological polar surface area (TPSA) is 17.8 Å². The Morgan fingerprint density at radius 1 is 1.35 bits per heavy atom. The first-order valence-electron chi connectivity index (χ1n) is 5.42. The van der Waals surface area contributed by atoms with Crippen LogP contribution in [0.3, 0.4) is 0 Å². The summed E-state index contributed by atoms with van der Waals surface area (Å²) in [6.07, 6.45) is 0. The molecule has 0 saturated heterocycles. The maximum absolute atomic E-state index is 13.6. The number of rotatable bonds is 2. The van der Waals surface area contributed by atoms with E-state index in [9.17, 15) is 4.39 Å². The molecule has 1 unspecified atom stereocenters. The van der Waals surface area contributed by atoms with Gasteiger partial charge in [-0.3, -0.25) is 0 Å². The molecule has 0 aliphatic heterocycles. The summed E-state index contributed by atoms with van der Waals surface area (Å²) < 4.78 is 16.2. The molecule has 2 rings (SSSR count). The lowest BCUT2D eigenvalue weighted by Crippen LogP contribution is -2.06. The molecule has 0 saturated carbocycles. The van der Waals surface area contributed by atoms with Crippen molar-refractivity contribution in [1.82, 2.24) is 9.55 Å². The Hall–Kier alpha value is -0.360. The van der Waals surface area contributed by atoms with E-state index in [0.717, 1.165) is 16.9 Å². The predicted octanol–water partition coefficient (Wildman–Crippen LogP) is 4.66. The van der Waals surface area contributed by atoms with Crippen molar-refractivity contribution in [2.45, 2.75) is 32.2 Å². The van der Waals surface area contributed by atoms with Crippen LogP contribution in [-0.2, 0) is 0 Å². The third kappa shape index (κ3) is 2.29. The molecular formula is C12H13ClFIN2. The van der Waals surface area contributed by atoms with E-state index in [1.54, 1.807) is 6.07 Å². The van der Waals surface area contributed by atoms with Crippen molar-refractivity contribution in [1.29, 1.82) is 0 Å². The van der Waals surface area contributed by atoms with Gasteiger partial charge in [0.25, 0.3) is 0 Å². The first kappa shape index (κ1) is 13.1. The van der Waals surface area contributed by atoms with E-state index < -0.39 is 0 Å². The molecule has 1 aromatic heterocycles. The van der Waals surface area contributed by atoms with Crippen LogP contribution in [0.1, 0.15) is 38.0 Å². The van der Waals surface area contributed by atoms with Crippen LogP contribution in [0.5, 0.6) is 0 Å². The molecule has 17 heavy (non-hydrogen) atoms. The second kappa shape index (κ2) is 4.72. The van der Waals surface area contributed by atoms with Gasteiger partial charge in [-0.15, -0.1) is 11.6 Å². The maximum Gasteiger partial charge on any atom is 0.138 e. The fraction of sp³-hybridized carbons (Fsp3) is 0.417. The van der Waals surface area contributed by atoms with Gasteiger partial charge in [-0.1, -0.05) is 0 Å². The zero-order valence-corrected chi connectivity index (χ0v) is 12.8. The van der Waals surface area contributed by atoms with Gasteiger partial charge in [-0.25, -0.2) is 9.37 Å². The van der Waals surface area contributed by atoms with Crippen LogP contribution < -0.4 is 0 Å². The summed E-state index contributed by atoms with van der Waals surface area (Å²) >= 11 is 8.10. The molecule has 5 heteroatoms. The summed E-state index contributed by atoms with van der Waals surface area (Å²) in [5.41, 5.74) is 1.60. The van der Waals surface area contributed by atoms with Gasteiger partial charge in [0, 0.05) is 12.1 Å². The molecule has 0 aliphatic rings. The van der Waals surface area contributed by atoms with Crippen LogP contribution in [-0.4, -0.2) is 9.55 Å². The minimum Gasteiger partial charge on any atom is -0.324 e. The first-order chi connectivity index (χ1) is 7.91. The SMILES string of the molecule is CC(Cl)c1nc2cc(I)c(F)cc2n1C(C)C. The summed E-state index contributed by atoms with van der Waals surface area (Å²) in [7, 11) is 0. The van der Waals surface area contributed by atoms with Crippen molar-refractivity contribution < 1.29 is 4.39 Å². The number of nitrogens with zero attached hydrogens (tertiary/aromatic N) is 2. The Morgan fingerprint density at radius 3 is 2.53 bits per heavy atom. The normalized spacial score (nSPS) is 13.6. The largest absolute Gasteiger partial charge is 0.324 e. The first-order valence-corrected chi connectivity index (χ1v) is 6.94. The summed E-state index contributed by atoms with van der Waals surface area (Å²) in [5, 5.41) is -0.189. The van der Waals surface area contributed by atoms with Gasteiger partial charge in [-0.2, -0.15) is 0 Å². The quantitative estimate of drug-likeness (QED) is 0.558. The molecule has 1 heterocycles. The molecule has 2 nitrogen and oxygen atoms in total. The number of hydrogen-bond acceptors (Lipinski definition) is 1. The average Bonchev–Trinajstić information content (AvgIpc) is 2.57. The summed E-state index contributed by atoms with van der Waals surface area (Å²) in [5.74, 6) is 0.576. The molecule has 0 N–H and O–H groups in total. The highest BCUT2D eigenvalue weighted by molar-refractivity contribution is 14.1. The molecule has 2 aromatic rings. The monoisotopic (exact) mass is 366 g/mol. The number of imidazole rings is 1. The standard InChI is InChI=1S/C12H13ClFIN2/c1-6(2)17-11-4-8(14)9(15)5-10(11)16-12(17)7(3)13/h4-7H,1-3H3. The Morgan fingerprint density at radius 2 is 2.00 bits per heavy atom. The predicted molar refractivity (Wildman–Crippen MR) is 77.1 cm³/mol. The summed E-state index contributed by atoms with van der Waals surface area (Å²) in [4.78, 5) is 4.49. The van der Waals surface area contributed by atoms with Gasteiger partial charge >= 0.3 is 0 Å². The fourth-order valence-corrected chi connectivity index (χ4v) is 2.54. The molecule has 0 spiro atoms. The van der Waals surface area contributed by atoms with Crippen LogP contribution in [0.15, 0.2) is 12.1 Å². The number of benzene rings is 1. The lowest BCUT2D eigenvalue weighted by Gasteiger charge is -2.14.